The van der Waals surface area contributed by atoms with Crippen LogP contribution in [-0.2, 0) is 0 Å². The van der Waals surface area contributed by atoms with Crippen molar-refractivity contribution in [1.82, 2.24) is 10.2 Å². The van der Waals surface area contributed by atoms with Gasteiger partial charge in [-0.15, -0.1) is 0 Å². The minimum atomic E-state index is -0.958. The fourth-order valence-electron chi connectivity index (χ4n) is 2.39. The van der Waals surface area contributed by atoms with Gasteiger partial charge in [-0.05, 0) is 32.0 Å². The predicted octanol–water partition coefficient (Wildman–Crippen LogP) is 1.76. The van der Waals surface area contributed by atoms with Crippen LogP contribution in [0.4, 0.5) is 14.9 Å². The Morgan fingerprint density at radius 2 is 1.86 bits per heavy atom. The van der Waals surface area contributed by atoms with Crippen LogP contribution >= 0.6 is 0 Å². The van der Waals surface area contributed by atoms with Crippen molar-refractivity contribution >= 4 is 17.7 Å². The van der Waals surface area contributed by atoms with E-state index in [1.54, 1.807) is 17.0 Å². The number of rotatable bonds is 3. The highest BCUT2D eigenvalue weighted by molar-refractivity contribution is 5.94. The normalized spacial score (nSPS) is 15.1. The fourth-order valence-corrected chi connectivity index (χ4v) is 2.39. The molecule has 1 aromatic rings. The maximum absolute atomic E-state index is 14.2. The average Bonchev–Trinajstić information content (AvgIpc) is 2.46. The first-order valence-corrected chi connectivity index (χ1v) is 7.21. The van der Waals surface area contributed by atoms with Gasteiger partial charge >= 0.3 is 6.09 Å². The minimum absolute atomic E-state index is 0.0145. The molecule has 120 valence electrons. The molecule has 1 fully saturated rings. The molecule has 0 saturated carbocycles. The second-order valence-electron chi connectivity index (χ2n) is 5.55. The van der Waals surface area contributed by atoms with Crippen LogP contribution in [0.15, 0.2) is 18.2 Å². The van der Waals surface area contributed by atoms with Gasteiger partial charge in [0.25, 0.3) is 5.91 Å². The third-order valence-corrected chi connectivity index (χ3v) is 3.52. The number of carbonyl (C=O) groups is 2. The molecular formula is C15H20FN3O3. The van der Waals surface area contributed by atoms with Crippen molar-refractivity contribution in [2.75, 3.05) is 31.1 Å². The Labute approximate surface area is 128 Å². The van der Waals surface area contributed by atoms with Crippen molar-refractivity contribution < 1.29 is 19.1 Å². The molecule has 0 aromatic heterocycles. The first-order valence-electron chi connectivity index (χ1n) is 7.21. The number of carboxylic acid groups (broad SMARTS) is 1. The number of carbonyl (C=O) groups excluding carboxylic acids is 1. The number of hydrogen-bond acceptors (Lipinski definition) is 3. The molecule has 0 spiro atoms. The molecule has 0 aliphatic carbocycles. The lowest BCUT2D eigenvalue weighted by Gasteiger charge is -2.34. The van der Waals surface area contributed by atoms with E-state index < -0.39 is 11.9 Å². The lowest BCUT2D eigenvalue weighted by molar-refractivity contribution is 0.0942. The summed E-state index contributed by atoms with van der Waals surface area (Å²) in [6, 6.07) is 4.36. The smallest absolute Gasteiger partial charge is 0.407 e. The molecule has 22 heavy (non-hydrogen) atoms. The van der Waals surface area contributed by atoms with Gasteiger partial charge in [-0.1, -0.05) is 0 Å². The Balaban J connectivity index is 2.07. The SMILES string of the molecule is CC(C)NC(=O)c1ccc(N2CCN(C(=O)O)CC2)c(F)c1. The first kappa shape index (κ1) is 16.1. The largest absolute Gasteiger partial charge is 0.465 e. The first-order chi connectivity index (χ1) is 10.4. The molecule has 2 rings (SSSR count). The van der Waals surface area contributed by atoms with Crippen LogP contribution in [0, 0.1) is 5.82 Å². The van der Waals surface area contributed by atoms with Gasteiger partial charge in [0.05, 0.1) is 5.69 Å². The summed E-state index contributed by atoms with van der Waals surface area (Å²) in [5.74, 6) is -0.781. The molecule has 2 N–H and O–H groups in total. The van der Waals surface area contributed by atoms with E-state index in [1.807, 2.05) is 13.8 Å². The molecular weight excluding hydrogens is 289 g/mol. The molecule has 1 aromatic carbocycles. The predicted molar refractivity (Wildman–Crippen MR) is 80.8 cm³/mol. The molecule has 0 atom stereocenters. The number of anilines is 1. The summed E-state index contributed by atoms with van der Waals surface area (Å²) < 4.78 is 14.2. The molecule has 6 nitrogen and oxygen atoms in total. The van der Waals surface area contributed by atoms with Gasteiger partial charge in [-0.3, -0.25) is 4.79 Å². The van der Waals surface area contributed by atoms with Gasteiger partial charge in [0.15, 0.2) is 0 Å². The zero-order chi connectivity index (χ0) is 16.3. The maximum atomic E-state index is 14.2. The number of halogens is 1. The van der Waals surface area contributed by atoms with Gasteiger partial charge in [0, 0.05) is 37.8 Å². The Morgan fingerprint density at radius 3 is 2.36 bits per heavy atom. The van der Waals surface area contributed by atoms with E-state index in [1.165, 1.54) is 11.0 Å². The van der Waals surface area contributed by atoms with Crippen LogP contribution in [0.1, 0.15) is 24.2 Å². The van der Waals surface area contributed by atoms with Crippen LogP contribution in [-0.4, -0.2) is 54.2 Å². The molecule has 2 amide bonds. The van der Waals surface area contributed by atoms with Crippen LogP contribution in [0.2, 0.25) is 0 Å². The highest BCUT2D eigenvalue weighted by Gasteiger charge is 2.22. The van der Waals surface area contributed by atoms with E-state index >= 15 is 0 Å². The van der Waals surface area contributed by atoms with E-state index in [9.17, 15) is 14.0 Å². The number of nitrogens with zero attached hydrogens (tertiary/aromatic N) is 2. The zero-order valence-corrected chi connectivity index (χ0v) is 12.7. The number of benzene rings is 1. The lowest BCUT2D eigenvalue weighted by Crippen LogP contribution is -2.48. The highest BCUT2D eigenvalue weighted by atomic mass is 19.1. The number of piperazine rings is 1. The zero-order valence-electron chi connectivity index (χ0n) is 12.7. The number of nitrogens with one attached hydrogen (secondary N) is 1. The molecule has 1 heterocycles. The molecule has 1 aliphatic rings. The van der Waals surface area contributed by atoms with Crippen LogP contribution in [0.5, 0.6) is 0 Å². The van der Waals surface area contributed by atoms with Crippen molar-refractivity contribution in [2.45, 2.75) is 19.9 Å². The third-order valence-electron chi connectivity index (χ3n) is 3.52. The summed E-state index contributed by atoms with van der Waals surface area (Å²) in [6.07, 6.45) is -0.958. The van der Waals surface area contributed by atoms with E-state index in [2.05, 4.69) is 5.32 Å². The van der Waals surface area contributed by atoms with Crippen molar-refractivity contribution in [3.8, 4) is 0 Å². The van der Waals surface area contributed by atoms with Crippen LogP contribution in [0.3, 0.4) is 0 Å². The van der Waals surface area contributed by atoms with Gasteiger partial charge in [0.1, 0.15) is 5.82 Å². The van der Waals surface area contributed by atoms with E-state index in [0.29, 0.717) is 31.9 Å². The fraction of sp³-hybridized carbons (Fsp3) is 0.467. The average molecular weight is 309 g/mol. The Hall–Kier alpha value is -2.31. The molecule has 0 bridgehead atoms. The monoisotopic (exact) mass is 309 g/mol. The molecule has 1 aliphatic heterocycles. The second kappa shape index (κ2) is 6.64. The Morgan fingerprint density at radius 1 is 1.23 bits per heavy atom. The van der Waals surface area contributed by atoms with Gasteiger partial charge in [0.2, 0.25) is 0 Å². The number of amides is 2. The molecule has 0 radical (unpaired) electrons. The van der Waals surface area contributed by atoms with E-state index in [-0.39, 0.29) is 17.5 Å². The maximum Gasteiger partial charge on any atom is 0.407 e. The lowest BCUT2D eigenvalue weighted by atomic mass is 10.1. The standard InChI is InChI=1S/C15H20FN3O3/c1-10(2)17-14(20)11-3-4-13(12(16)9-11)18-5-7-19(8-6-18)15(21)22/h3-4,9-10H,5-8H2,1-2H3,(H,17,20)(H,21,22). The van der Waals surface area contributed by atoms with Crippen molar-refractivity contribution in [3.05, 3.63) is 29.6 Å². The summed E-state index contributed by atoms with van der Waals surface area (Å²) in [4.78, 5) is 25.8. The third kappa shape index (κ3) is 3.66. The van der Waals surface area contributed by atoms with Gasteiger partial charge in [-0.2, -0.15) is 0 Å². The highest BCUT2D eigenvalue weighted by Crippen LogP contribution is 2.22. The van der Waals surface area contributed by atoms with E-state index in [4.69, 9.17) is 5.11 Å². The topological polar surface area (TPSA) is 72.9 Å². The Kier molecular flexibility index (Phi) is 4.85. The summed E-state index contributed by atoms with van der Waals surface area (Å²) in [5, 5.41) is 11.6. The molecule has 7 heteroatoms. The van der Waals surface area contributed by atoms with Crippen LogP contribution < -0.4 is 10.2 Å². The van der Waals surface area contributed by atoms with Crippen molar-refractivity contribution in [3.63, 3.8) is 0 Å². The second-order valence-corrected chi connectivity index (χ2v) is 5.55. The minimum Gasteiger partial charge on any atom is -0.465 e. The van der Waals surface area contributed by atoms with E-state index in [0.717, 1.165) is 0 Å². The molecule has 1 saturated heterocycles. The summed E-state index contributed by atoms with van der Waals surface area (Å²) in [6.45, 7) is 5.21. The van der Waals surface area contributed by atoms with Gasteiger partial charge in [-0.25, -0.2) is 9.18 Å². The summed E-state index contributed by atoms with van der Waals surface area (Å²) >= 11 is 0. The quantitative estimate of drug-likeness (QED) is 0.892. The van der Waals surface area contributed by atoms with Crippen LogP contribution in [0.25, 0.3) is 0 Å². The van der Waals surface area contributed by atoms with Crippen molar-refractivity contribution in [2.24, 2.45) is 0 Å². The Bertz CT molecular complexity index is 569. The van der Waals surface area contributed by atoms with Crippen molar-refractivity contribution in [1.29, 1.82) is 0 Å². The molecule has 0 unspecified atom stereocenters. The van der Waals surface area contributed by atoms with Gasteiger partial charge < -0.3 is 20.2 Å². The number of hydrogen-bond donors (Lipinski definition) is 2. The summed E-state index contributed by atoms with van der Waals surface area (Å²) in [7, 11) is 0. The summed E-state index contributed by atoms with van der Waals surface area (Å²) in [5.41, 5.74) is 0.672.